The first kappa shape index (κ1) is 15.9. The van der Waals surface area contributed by atoms with Gasteiger partial charge in [0.05, 0.1) is 12.6 Å². The highest BCUT2D eigenvalue weighted by atomic mass is 32.1. The molecule has 3 rings (SSSR count). The van der Waals surface area contributed by atoms with Gasteiger partial charge in [-0.25, -0.2) is 4.79 Å². The predicted molar refractivity (Wildman–Crippen MR) is 90.8 cm³/mol. The molecule has 0 radical (unpaired) electrons. The van der Waals surface area contributed by atoms with Crippen molar-refractivity contribution < 1.29 is 9.53 Å². The van der Waals surface area contributed by atoms with Crippen LogP contribution < -0.4 is 5.32 Å². The third-order valence-electron chi connectivity index (χ3n) is 3.88. The van der Waals surface area contributed by atoms with E-state index in [2.05, 4.69) is 47.6 Å². The fourth-order valence-corrected chi connectivity index (χ4v) is 3.38. The quantitative estimate of drug-likeness (QED) is 0.938. The third kappa shape index (κ3) is 3.68. The standard InChI is InChI=1S/C16H20N4O2S/c1-10-6-11(2)8-12(7-10)14-18-19-15(23-14)17-16(21)20(3)13-4-5-22-9-13/h6-8,13H,4-5,9H2,1-3H3,(H,17,19,21). The third-order valence-corrected chi connectivity index (χ3v) is 4.77. The number of hydrogen-bond donors (Lipinski definition) is 1. The van der Waals surface area contributed by atoms with Gasteiger partial charge in [0.1, 0.15) is 5.01 Å². The highest BCUT2D eigenvalue weighted by Crippen LogP contribution is 2.28. The van der Waals surface area contributed by atoms with Crippen molar-refractivity contribution in [3.8, 4) is 10.6 Å². The maximum absolute atomic E-state index is 12.3. The van der Waals surface area contributed by atoms with Crippen molar-refractivity contribution in [1.29, 1.82) is 0 Å². The van der Waals surface area contributed by atoms with Gasteiger partial charge in [-0.3, -0.25) is 5.32 Å². The molecule has 122 valence electrons. The van der Waals surface area contributed by atoms with Gasteiger partial charge in [-0.1, -0.05) is 28.5 Å². The Balaban J connectivity index is 1.70. The number of hydrogen-bond acceptors (Lipinski definition) is 5. The summed E-state index contributed by atoms with van der Waals surface area (Å²) >= 11 is 1.38. The van der Waals surface area contributed by atoms with Gasteiger partial charge in [-0.05, 0) is 32.4 Å². The molecule has 6 nitrogen and oxygen atoms in total. The minimum Gasteiger partial charge on any atom is -0.379 e. The lowest BCUT2D eigenvalue weighted by Crippen LogP contribution is -2.40. The molecule has 0 saturated carbocycles. The molecule has 2 heterocycles. The van der Waals surface area contributed by atoms with Gasteiger partial charge in [0.25, 0.3) is 0 Å². The number of ether oxygens (including phenoxy) is 1. The summed E-state index contributed by atoms with van der Waals surface area (Å²) in [6.45, 7) is 5.41. The zero-order valence-corrected chi connectivity index (χ0v) is 14.3. The Morgan fingerprint density at radius 3 is 2.70 bits per heavy atom. The second-order valence-corrected chi connectivity index (χ2v) is 6.82. The summed E-state index contributed by atoms with van der Waals surface area (Å²) in [7, 11) is 1.78. The Kier molecular flexibility index (Phi) is 4.58. The summed E-state index contributed by atoms with van der Waals surface area (Å²) in [6, 6.07) is 6.21. The van der Waals surface area contributed by atoms with Gasteiger partial charge in [-0.15, -0.1) is 10.2 Å². The predicted octanol–water partition coefficient (Wildman–Crippen LogP) is 3.07. The normalized spacial score (nSPS) is 17.3. The number of aromatic nitrogens is 2. The van der Waals surface area contributed by atoms with Gasteiger partial charge in [0, 0.05) is 19.2 Å². The molecule has 2 amide bonds. The first-order valence-corrected chi connectivity index (χ1v) is 8.38. The summed E-state index contributed by atoms with van der Waals surface area (Å²) in [5.74, 6) is 0. The van der Waals surface area contributed by atoms with Crippen LogP contribution in [0.15, 0.2) is 18.2 Å². The van der Waals surface area contributed by atoms with Crippen LogP contribution in [0.5, 0.6) is 0 Å². The van der Waals surface area contributed by atoms with Gasteiger partial charge in [0.2, 0.25) is 5.13 Å². The summed E-state index contributed by atoms with van der Waals surface area (Å²) < 4.78 is 5.32. The summed E-state index contributed by atoms with van der Waals surface area (Å²) in [5.41, 5.74) is 3.39. The largest absolute Gasteiger partial charge is 0.379 e. The van der Waals surface area contributed by atoms with E-state index >= 15 is 0 Å². The van der Waals surface area contributed by atoms with Crippen molar-refractivity contribution in [2.45, 2.75) is 26.3 Å². The minimum absolute atomic E-state index is 0.127. The summed E-state index contributed by atoms with van der Waals surface area (Å²) in [5, 5.41) is 12.4. The molecule has 1 aromatic heterocycles. The molecule has 0 bridgehead atoms. The smallest absolute Gasteiger partial charge is 0.323 e. The van der Waals surface area contributed by atoms with Gasteiger partial charge >= 0.3 is 6.03 Å². The van der Waals surface area contributed by atoms with E-state index in [1.165, 1.54) is 22.5 Å². The molecule has 1 saturated heterocycles. The van der Waals surface area contributed by atoms with Crippen LogP contribution in [-0.2, 0) is 4.74 Å². The molecule has 1 unspecified atom stereocenters. The minimum atomic E-state index is -0.177. The van der Waals surface area contributed by atoms with Gasteiger partial charge in [0.15, 0.2) is 0 Å². The van der Waals surface area contributed by atoms with Crippen LogP contribution in [-0.4, -0.2) is 47.4 Å². The Labute approximate surface area is 139 Å². The number of rotatable bonds is 3. The zero-order chi connectivity index (χ0) is 16.4. The first-order chi connectivity index (χ1) is 11.0. The number of likely N-dealkylation sites (N-methyl/N-ethyl adjacent to an activating group) is 1. The molecule has 1 aliphatic rings. The second-order valence-electron chi connectivity index (χ2n) is 5.85. The number of urea groups is 1. The zero-order valence-electron chi connectivity index (χ0n) is 13.5. The molecule has 23 heavy (non-hydrogen) atoms. The van der Waals surface area contributed by atoms with Crippen molar-refractivity contribution in [2.24, 2.45) is 0 Å². The molecule has 1 aromatic carbocycles. The van der Waals surface area contributed by atoms with Gasteiger partial charge < -0.3 is 9.64 Å². The van der Waals surface area contributed by atoms with E-state index in [0.29, 0.717) is 18.3 Å². The number of nitrogens with zero attached hydrogens (tertiary/aromatic N) is 3. The van der Waals surface area contributed by atoms with Crippen LogP contribution in [0.4, 0.5) is 9.93 Å². The number of anilines is 1. The lowest BCUT2D eigenvalue weighted by molar-refractivity contribution is 0.164. The second kappa shape index (κ2) is 6.64. The van der Waals surface area contributed by atoms with Gasteiger partial charge in [-0.2, -0.15) is 0 Å². The van der Waals surface area contributed by atoms with Crippen molar-refractivity contribution in [1.82, 2.24) is 15.1 Å². The summed E-state index contributed by atoms with van der Waals surface area (Å²) in [4.78, 5) is 13.9. The number of carbonyl (C=O) groups excluding carboxylic acids is 1. The van der Waals surface area contributed by atoms with Crippen LogP contribution in [0.1, 0.15) is 17.5 Å². The molecule has 1 aliphatic heterocycles. The maximum atomic E-state index is 12.3. The van der Waals surface area contributed by atoms with Crippen LogP contribution in [0, 0.1) is 13.8 Å². The number of aryl methyl sites for hydroxylation is 2. The Hall–Kier alpha value is -1.99. The van der Waals surface area contributed by atoms with E-state index in [0.717, 1.165) is 17.0 Å². The molecule has 1 fully saturated rings. The van der Waals surface area contributed by atoms with E-state index in [-0.39, 0.29) is 12.1 Å². The average Bonchev–Trinajstić information content (AvgIpc) is 3.17. The molecule has 0 aliphatic carbocycles. The Morgan fingerprint density at radius 1 is 1.30 bits per heavy atom. The molecule has 7 heteroatoms. The Bertz CT molecular complexity index is 690. The first-order valence-electron chi connectivity index (χ1n) is 7.56. The lowest BCUT2D eigenvalue weighted by Gasteiger charge is -2.22. The fraction of sp³-hybridized carbons (Fsp3) is 0.438. The lowest BCUT2D eigenvalue weighted by atomic mass is 10.1. The average molecular weight is 332 g/mol. The van der Waals surface area contributed by atoms with E-state index in [9.17, 15) is 4.79 Å². The van der Waals surface area contributed by atoms with Crippen LogP contribution >= 0.6 is 11.3 Å². The summed E-state index contributed by atoms with van der Waals surface area (Å²) in [6.07, 6.45) is 0.869. The molecule has 1 N–H and O–H groups in total. The van der Waals surface area contributed by atoms with Crippen molar-refractivity contribution >= 4 is 22.5 Å². The number of carbonyl (C=O) groups is 1. The van der Waals surface area contributed by atoms with E-state index < -0.39 is 0 Å². The van der Waals surface area contributed by atoms with Crippen LogP contribution in [0.3, 0.4) is 0 Å². The van der Waals surface area contributed by atoms with Crippen molar-refractivity contribution in [3.05, 3.63) is 29.3 Å². The fourth-order valence-electron chi connectivity index (χ4n) is 2.66. The number of amides is 2. The van der Waals surface area contributed by atoms with Crippen LogP contribution in [0.25, 0.3) is 10.6 Å². The van der Waals surface area contributed by atoms with E-state index in [1.807, 2.05) is 0 Å². The molecular formula is C16H20N4O2S. The highest BCUT2D eigenvalue weighted by molar-refractivity contribution is 7.18. The van der Waals surface area contributed by atoms with Crippen molar-refractivity contribution in [2.75, 3.05) is 25.6 Å². The molecule has 2 aromatic rings. The van der Waals surface area contributed by atoms with E-state index in [1.54, 1.807) is 11.9 Å². The van der Waals surface area contributed by atoms with Crippen LogP contribution in [0.2, 0.25) is 0 Å². The topological polar surface area (TPSA) is 67.4 Å². The maximum Gasteiger partial charge on any atom is 0.323 e. The van der Waals surface area contributed by atoms with Crippen molar-refractivity contribution in [3.63, 3.8) is 0 Å². The number of nitrogens with one attached hydrogen (secondary N) is 1. The number of benzene rings is 1. The highest BCUT2D eigenvalue weighted by Gasteiger charge is 2.24. The van der Waals surface area contributed by atoms with E-state index in [4.69, 9.17) is 4.74 Å². The SMILES string of the molecule is Cc1cc(C)cc(-c2nnc(NC(=O)N(C)C3CCOC3)s2)c1. The monoisotopic (exact) mass is 332 g/mol. The Morgan fingerprint density at radius 2 is 2.04 bits per heavy atom. The molecule has 1 atom stereocenters. The molecular weight excluding hydrogens is 312 g/mol. The molecule has 0 spiro atoms.